The highest BCUT2D eigenvalue weighted by Crippen LogP contribution is 2.35. The zero-order chi connectivity index (χ0) is 19.6. The van der Waals surface area contributed by atoms with Gasteiger partial charge in [0.15, 0.2) is 5.82 Å². The first-order valence-electron chi connectivity index (χ1n) is 8.38. The summed E-state index contributed by atoms with van der Waals surface area (Å²) in [5.74, 6) is -0.966. The molecule has 2 heterocycles. The van der Waals surface area contributed by atoms with E-state index < -0.39 is 17.8 Å². The third-order valence-corrected chi connectivity index (χ3v) is 4.55. The molecule has 7 nitrogen and oxygen atoms in total. The minimum absolute atomic E-state index is 0.0441. The average molecular weight is 378 g/mol. The van der Waals surface area contributed by atoms with E-state index in [0.717, 1.165) is 37.9 Å². The number of carbonyl (C=O) groups excluding carboxylic acids is 1. The Morgan fingerprint density at radius 3 is 2.78 bits per heavy atom. The molecule has 1 aliphatic carbocycles. The highest BCUT2D eigenvalue weighted by Gasteiger charge is 2.33. The van der Waals surface area contributed by atoms with Gasteiger partial charge in [-0.05, 0) is 25.0 Å². The van der Waals surface area contributed by atoms with Crippen molar-refractivity contribution in [2.75, 3.05) is 5.32 Å². The molecule has 1 aliphatic rings. The lowest BCUT2D eigenvalue weighted by atomic mass is 9.85. The summed E-state index contributed by atoms with van der Waals surface area (Å²) in [6, 6.07) is 4.20. The van der Waals surface area contributed by atoms with Crippen molar-refractivity contribution in [3.63, 3.8) is 0 Å². The quantitative estimate of drug-likeness (QED) is 0.847. The molecule has 1 fully saturated rings. The van der Waals surface area contributed by atoms with Gasteiger partial charge in [-0.15, -0.1) is 0 Å². The van der Waals surface area contributed by atoms with Crippen molar-refractivity contribution in [1.29, 1.82) is 5.26 Å². The number of carbonyl (C=O) groups is 1. The molecule has 1 amide bonds. The number of rotatable bonds is 4. The Bertz CT molecular complexity index is 886. The predicted molar refractivity (Wildman–Crippen MR) is 89.9 cm³/mol. The fourth-order valence-corrected chi connectivity index (χ4v) is 3.21. The van der Waals surface area contributed by atoms with Crippen LogP contribution in [0.1, 0.15) is 47.8 Å². The van der Waals surface area contributed by atoms with E-state index in [1.54, 1.807) is 0 Å². The molecule has 1 saturated carbocycles. The molecular weight excluding hydrogens is 361 g/mol. The summed E-state index contributed by atoms with van der Waals surface area (Å²) >= 11 is 0. The summed E-state index contributed by atoms with van der Waals surface area (Å²) in [7, 11) is 0. The van der Waals surface area contributed by atoms with E-state index in [-0.39, 0.29) is 29.0 Å². The Balaban J connectivity index is 1.93. The number of primary amides is 1. The lowest BCUT2D eigenvalue weighted by Gasteiger charge is -2.26. The summed E-state index contributed by atoms with van der Waals surface area (Å²) in [4.78, 5) is 15.0. The summed E-state index contributed by atoms with van der Waals surface area (Å²) < 4.78 is 40.0. The number of halogens is 3. The van der Waals surface area contributed by atoms with Gasteiger partial charge in [-0.25, -0.2) is 0 Å². The number of hydrogen-bond donors (Lipinski definition) is 2. The van der Waals surface area contributed by atoms with Crippen LogP contribution >= 0.6 is 0 Å². The second-order valence-corrected chi connectivity index (χ2v) is 6.38. The van der Waals surface area contributed by atoms with E-state index in [1.807, 2.05) is 0 Å². The first-order valence-corrected chi connectivity index (χ1v) is 8.38. The molecule has 0 aromatic carbocycles. The largest absolute Gasteiger partial charge is 0.433 e. The van der Waals surface area contributed by atoms with Crippen LogP contribution in [-0.4, -0.2) is 20.7 Å². The Hall–Kier alpha value is -3.09. The maximum atomic E-state index is 12.8. The Kier molecular flexibility index (Phi) is 5.03. The first-order chi connectivity index (χ1) is 12.8. The van der Waals surface area contributed by atoms with Crippen molar-refractivity contribution >= 4 is 17.4 Å². The SMILES string of the molecule is N#CC1CCCC[C@@H]1n1cc(C(N)=O)c(Nc2ccnc(C(F)(F)F)c2)n1. The fraction of sp³-hybridized carbons (Fsp3) is 0.412. The molecule has 142 valence electrons. The number of aromatic nitrogens is 3. The molecule has 3 N–H and O–H groups in total. The maximum absolute atomic E-state index is 12.8. The van der Waals surface area contributed by atoms with Crippen LogP contribution in [0.2, 0.25) is 0 Å². The molecule has 0 saturated heterocycles. The van der Waals surface area contributed by atoms with Gasteiger partial charge in [-0.2, -0.15) is 23.5 Å². The molecule has 1 unspecified atom stereocenters. The standard InChI is InChI=1S/C17H17F3N6O/c18-17(19,20)14-7-11(5-6-23-14)24-16-12(15(22)27)9-26(25-16)13-4-2-1-3-10(13)8-21/h5-7,9-10,13H,1-4H2,(H2,22,27)(H,23,24,25)/t10?,13-/m0/s1. The Morgan fingerprint density at radius 1 is 1.37 bits per heavy atom. The monoisotopic (exact) mass is 378 g/mol. The number of pyridine rings is 1. The molecule has 2 aromatic heterocycles. The molecule has 0 spiro atoms. The van der Waals surface area contributed by atoms with Crippen LogP contribution in [0.5, 0.6) is 0 Å². The van der Waals surface area contributed by atoms with Gasteiger partial charge in [-0.1, -0.05) is 12.8 Å². The number of hydrogen-bond acceptors (Lipinski definition) is 5. The number of anilines is 2. The predicted octanol–water partition coefficient (Wildman–Crippen LogP) is 3.39. The van der Waals surface area contributed by atoms with Crippen LogP contribution in [-0.2, 0) is 6.18 Å². The molecule has 10 heteroatoms. The van der Waals surface area contributed by atoms with Gasteiger partial charge < -0.3 is 11.1 Å². The van der Waals surface area contributed by atoms with Crippen LogP contribution in [0.3, 0.4) is 0 Å². The van der Waals surface area contributed by atoms with E-state index in [2.05, 4.69) is 21.5 Å². The second kappa shape index (κ2) is 7.26. The van der Waals surface area contributed by atoms with Crippen LogP contribution in [0.15, 0.2) is 24.5 Å². The lowest BCUT2D eigenvalue weighted by molar-refractivity contribution is -0.141. The Labute approximate surface area is 153 Å². The van der Waals surface area contributed by atoms with Gasteiger partial charge in [0.2, 0.25) is 0 Å². The zero-order valence-electron chi connectivity index (χ0n) is 14.2. The van der Waals surface area contributed by atoms with E-state index >= 15 is 0 Å². The molecule has 2 aromatic rings. The van der Waals surface area contributed by atoms with Gasteiger partial charge in [-0.3, -0.25) is 14.5 Å². The number of nitrogens with one attached hydrogen (secondary N) is 1. The maximum Gasteiger partial charge on any atom is 0.433 e. The lowest BCUT2D eigenvalue weighted by Crippen LogP contribution is -2.22. The minimum atomic E-state index is -4.59. The molecular formula is C17H17F3N6O. The number of nitrogens with zero attached hydrogens (tertiary/aromatic N) is 4. The van der Waals surface area contributed by atoms with Crippen molar-refractivity contribution in [2.45, 2.75) is 37.9 Å². The molecule has 27 heavy (non-hydrogen) atoms. The topological polar surface area (TPSA) is 110 Å². The highest BCUT2D eigenvalue weighted by molar-refractivity contribution is 5.98. The minimum Gasteiger partial charge on any atom is -0.365 e. The Morgan fingerprint density at radius 2 is 2.11 bits per heavy atom. The zero-order valence-corrected chi connectivity index (χ0v) is 14.2. The van der Waals surface area contributed by atoms with E-state index in [0.29, 0.717) is 0 Å². The van der Waals surface area contributed by atoms with Crippen molar-refractivity contribution < 1.29 is 18.0 Å². The second-order valence-electron chi connectivity index (χ2n) is 6.38. The van der Waals surface area contributed by atoms with Crippen molar-refractivity contribution in [3.05, 3.63) is 35.8 Å². The fourth-order valence-electron chi connectivity index (χ4n) is 3.21. The van der Waals surface area contributed by atoms with Gasteiger partial charge in [0.25, 0.3) is 5.91 Å². The van der Waals surface area contributed by atoms with E-state index in [1.165, 1.54) is 16.9 Å². The van der Waals surface area contributed by atoms with Crippen LogP contribution in [0, 0.1) is 17.2 Å². The van der Waals surface area contributed by atoms with Gasteiger partial charge in [0.1, 0.15) is 11.3 Å². The third kappa shape index (κ3) is 4.02. The van der Waals surface area contributed by atoms with Crippen molar-refractivity contribution in [2.24, 2.45) is 11.7 Å². The number of nitriles is 1. The van der Waals surface area contributed by atoms with E-state index in [9.17, 15) is 23.2 Å². The average Bonchev–Trinajstić information content (AvgIpc) is 3.05. The molecule has 0 radical (unpaired) electrons. The number of alkyl halides is 3. The van der Waals surface area contributed by atoms with Crippen LogP contribution in [0.4, 0.5) is 24.7 Å². The molecule has 2 atom stereocenters. The molecule has 0 aliphatic heterocycles. The van der Waals surface area contributed by atoms with Crippen molar-refractivity contribution in [1.82, 2.24) is 14.8 Å². The molecule has 3 rings (SSSR count). The van der Waals surface area contributed by atoms with Crippen LogP contribution < -0.4 is 11.1 Å². The third-order valence-electron chi connectivity index (χ3n) is 4.55. The van der Waals surface area contributed by atoms with Crippen LogP contribution in [0.25, 0.3) is 0 Å². The summed E-state index contributed by atoms with van der Waals surface area (Å²) in [5.41, 5.74) is 4.44. The number of amides is 1. The molecule has 0 bridgehead atoms. The van der Waals surface area contributed by atoms with Crippen molar-refractivity contribution in [3.8, 4) is 6.07 Å². The highest BCUT2D eigenvalue weighted by atomic mass is 19.4. The van der Waals surface area contributed by atoms with Gasteiger partial charge in [0, 0.05) is 18.1 Å². The van der Waals surface area contributed by atoms with Gasteiger partial charge >= 0.3 is 6.18 Å². The van der Waals surface area contributed by atoms with Gasteiger partial charge in [0.05, 0.1) is 18.0 Å². The summed E-state index contributed by atoms with van der Waals surface area (Å²) in [5, 5.41) is 16.3. The number of nitrogens with two attached hydrogens (primary N) is 1. The smallest absolute Gasteiger partial charge is 0.365 e. The first kappa shape index (κ1) is 18.7. The summed E-state index contributed by atoms with van der Waals surface area (Å²) in [6.45, 7) is 0. The normalized spacial score (nSPS) is 20.1. The van der Waals surface area contributed by atoms with E-state index in [4.69, 9.17) is 5.73 Å². The summed E-state index contributed by atoms with van der Waals surface area (Å²) in [6.07, 6.45) is 1.19.